The van der Waals surface area contributed by atoms with Crippen LogP contribution in [0.5, 0.6) is 0 Å². The maximum atomic E-state index is 14.1. The lowest BCUT2D eigenvalue weighted by Gasteiger charge is -2.40. The summed E-state index contributed by atoms with van der Waals surface area (Å²) in [7, 11) is -1.81. The number of nitrogens with zero attached hydrogens (tertiary/aromatic N) is 2. The average Bonchev–Trinajstić information content (AvgIpc) is 2.65. The molecule has 0 aromatic heterocycles. The van der Waals surface area contributed by atoms with E-state index in [1.54, 1.807) is 31.4 Å². The Morgan fingerprint density at radius 3 is 2.67 bits per heavy atom. The van der Waals surface area contributed by atoms with Crippen LogP contribution in [0, 0.1) is 17.1 Å². The number of methoxy groups -OCH3 is 1. The number of benzene rings is 2. The van der Waals surface area contributed by atoms with E-state index < -0.39 is 16.6 Å². The number of ether oxygens (including phenoxy) is 1. The molecule has 1 heterocycles. The van der Waals surface area contributed by atoms with Crippen LogP contribution in [-0.2, 0) is 4.74 Å². The molecule has 1 aliphatic heterocycles. The van der Waals surface area contributed by atoms with Crippen LogP contribution in [0.4, 0.5) is 10.1 Å². The first-order valence-corrected chi connectivity index (χ1v) is 9.64. The number of hydrogen-bond donors (Lipinski definition) is 4. The number of nitriles is 1. The molecule has 27 heavy (non-hydrogen) atoms. The highest BCUT2D eigenvalue weighted by atomic mass is 32.3. The van der Waals surface area contributed by atoms with E-state index in [9.17, 15) is 18.8 Å². The molecule has 3 rings (SSSR count). The van der Waals surface area contributed by atoms with Crippen molar-refractivity contribution in [3.63, 3.8) is 0 Å². The summed E-state index contributed by atoms with van der Waals surface area (Å²) in [5, 5.41) is 12.4. The van der Waals surface area contributed by atoms with Gasteiger partial charge < -0.3 is 10.1 Å². The van der Waals surface area contributed by atoms with Crippen molar-refractivity contribution < 1.29 is 18.2 Å². The molecule has 0 spiro atoms. The minimum absolute atomic E-state index is 0.116. The quantitative estimate of drug-likeness (QED) is 0.632. The standard InChI is InChI=1S/C18H19FN4O3S/c1-11(26-2)10-21-18-22-17-13(6-4-8-16(17)27(24,25)23-18)12-5-3-7-15(19)14(12)9-20/h3-8,11,24-25H,10H2,1-2H3,(H2,21,22,23). The van der Waals surface area contributed by atoms with Crippen molar-refractivity contribution in [3.05, 3.63) is 47.8 Å². The molecule has 7 nitrogen and oxygen atoms in total. The lowest BCUT2D eigenvalue weighted by Crippen LogP contribution is -2.38. The van der Waals surface area contributed by atoms with Gasteiger partial charge in [-0.1, -0.05) is 35.0 Å². The van der Waals surface area contributed by atoms with E-state index in [0.29, 0.717) is 23.4 Å². The van der Waals surface area contributed by atoms with E-state index in [1.807, 2.05) is 13.0 Å². The zero-order chi connectivity index (χ0) is 19.6. The van der Waals surface area contributed by atoms with Crippen molar-refractivity contribution >= 4 is 22.4 Å². The SMILES string of the molecule is COC(C)CN=C1Nc2c(-c3cccc(F)c3C#N)cccc2S(O)(O)N1. The number of nitrogens with one attached hydrogen (secondary N) is 2. The van der Waals surface area contributed by atoms with Gasteiger partial charge in [-0.25, -0.2) is 14.1 Å². The molecule has 0 bridgehead atoms. The first-order chi connectivity index (χ1) is 12.9. The largest absolute Gasteiger partial charge is 0.380 e. The van der Waals surface area contributed by atoms with Gasteiger partial charge in [0.25, 0.3) is 0 Å². The van der Waals surface area contributed by atoms with Gasteiger partial charge in [0.2, 0.25) is 5.96 Å². The van der Waals surface area contributed by atoms with Gasteiger partial charge in [0.1, 0.15) is 16.8 Å². The first-order valence-electron chi connectivity index (χ1n) is 8.09. The number of aliphatic imine (C=N–C) groups is 1. The Morgan fingerprint density at radius 2 is 1.96 bits per heavy atom. The molecular weight excluding hydrogens is 371 g/mol. The van der Waals surface area contributed by atoms with Crippen molar-refractivity contribution in [2.45, 2.75) is 17.9 Å². The molecule has 0 saturated carbocycles. The number of rotatable bonds is 4. The second-order valence-corrected chi connectivity index (χ2v) is 7.71. The third-order valence-corrected chi connectivity index (χ3v) is 5.57. The Balaban J connectivity index is 2.13. The Bertz CT molecular complexity index is 943. The monoisotopic (exact) mass is 390 g/mol. The van der Waals surface area contributed by atoms with Crippen molar-refractivity contribution in [3.8, 4) is 17.2 Å². The number of fused-ring (bicyclic) bond motifs is 1. The summed E-state index contributed by atoms with van der Waals surface area (Å²) in [6.45, 7) is 2.12. The zero-order valence-electron chi connectivity index (χ0n) is 14.7. The number of para-hydroxylation sites is 1. The van der Waals surface area contributed by atoms with Crippen molar-refractivity contribution in [1.29, 1.82) is 5.26 Å². The Hall–Kier alpha value is -2.64. The van der Waals surface area contributed by atoms with E-state index in [1.165, 1.54) is 12.1 Å². The van der Waals surface area contributed by atoms with E-state index >= 15 is 0 Å². The fourth-order valence-electron chi connectivity index (χ4n) is 2.68. The molecule has 0 radical (unpaired) electrons. The van der Waals surface area contributed by atoms with Gasteiger partial charge in [0, 0.05) is 18.2 Å². The molecule has 0 saturated heterocycles. The maximum Gasteiger partial charge on any atom is 0.214 e. The van der Waals surface area contributed by atoms with Gasteiger partial charge in [0.05, 0.1) is 23.9 Å². The molecule has 2 aromatic carbocycles. The number of anilines is 1. The van der Waals surface area contributed by atoms with Crippen LogP contribution < -0.4 is 10.0 Å². The summed E-state index contributed by atoms with van der Waals surface area (Å²) in [4.78, 5) is 4.49. The second-order valence-electron chi connectivity index (χ2n) is 5.96. The molecule has 1 aliphatic rings. The smallest absolute Gasteiger partial charge is 0.214 e. The van der Waals surface area contributed by atoms with Crippen LogP contribution in [0.15, 0.2) is 46.3 Å². The topological polar surface area (TPSA) is 110 Å². The zero-order valence-corrected chi connectivity index (χ0v) is 15.5. The van der Waals surface area contributed by atoms with Crippen LogP contribution >= 0.6 is 10.8 Å². The predicted molar refractivity (Wildman–Crippen MR) is 103 cm³/mol. The fraction of sp³-hybridized carbons (Fsp3) is 0.222. The van der Waals surface area contributed by atoms with Gasteiger partial charge in [-0.2, -0.15) is 5.26 Å². The number of guanidine groups is 1. The van der Waals surface area contributed by atoms with Crippen molar-refractivity contribution in [2.24, 2.45) is 4.99 Å². The third-order valence-electron chi connectivity index (χ3n) is 4.14. The summed E-state index contributed by atoms with van der Waals surface area (Å²) < 4.78 is 42.8. The molecule has 0 aliphatic carbocycles. The van der Waals surface area contributed by atoms with E-state index in [4.69, 9.17) is 4.74 Å². The van der Waals surface area contributed by atoms with Gasteiger partial charge in [-0.05, 0) is 19.1 Å². The summed E-state index contributed by atoms with van der Waals surface area (Å²) in [6, 6.07) is 11.0. The van der Waals surface area contributed by atoms with Crippen LogP contribution in [0.2, 0.25) is 0 Å². The lowest BCUT2D eigenvalue weighted by molar-refractivity contribution is 0.125. The summed E-state index contributed by atoms with van der Waals surface area (Å²) >= 11 is 0. The summed E-state index contributed by atoms with van der Waals surface area (Å²) in [6.07, 6.45) is -0.159. The van der Waals surface area contributed by atoms with Gasteiger partial charge >= 0.3 is 0 Å². The number of hydrogen-bond acceptors (Lipinski definition) is 5. The van der Waals surface area contributed by atoms with Crippen LogP contribution in [0.25, 0.3) is 11.1 Å². The Morgan fingerprint density at radius 1 is 1.26 bits per heavy atom. The predicted octanol–water partition coefficient (Wildman–Crippen LogP) is 3.79. The molecular formula is C18H19FN4O3S. The molecule has 1 unspecified atom stereocenters. The molecule has 0 amide bonds. The molecule has 9 heteroatoms. The third kappa shape index (κ3) is 3.74. The normalized spacial score (nSPS) is 18.6. The van der Waals surface area contributed by atoms with Crippen LogP contribution in [0.1, 0.15) is 12.5 Å². The van der Waals surface area contributed by atoms with Crippen LogP contribution in [-0.4, -0.2) is 34.8 Å². The first kappa shape index (κ1) is 19.1. The van der Waals surface area contributed by atoms with Crippen LogP contribution in [0.3, 0.4) is 0 Å². The second kappa shape index (κ2) is 7.54. The van der Waals surface area contributed by atoms with Gasteiger partial charge in [0.15, 0.2) is 0 Å². The Kier molecular flexibility index (Phi) is 5.34. The fourth-order valence-corrected chi connectivity index (χ4v) is 3.89. The highest BCUT2D eigenvalue weighted by molar-refractivity contribution is 8.23. The minimum Gasteiger partial charge on any atom is -0.380 e. The van der Waals surface area contributed by atoms with E-state index in [0.717, 1.165) is 0 Å². The van der Waals surface area contributed by atoms with E-state index in [-0.39, 0.29) is 22.5 Å². The molecule has 142 valence electrons. The average molecular weight is 390 g/mol. The summed E-state index contributed by atoms with van der Waals surface area (Å²) in [5.41, 5.74) is 1.07. The summed E-state index contributed by atoms with van der Waals surface area (Å²) in [5.74, 6) is -0.482. The number of halogens is 1. The molecule has 1 atom stereocenters. The van der Waals surface area contributed by atoms with Gasteiger partial charge in [-0.3, -0.25) is 9.11 Å². The van der Waals surface area contributed by atoms with E-state index in [2.05, 4.69) is 15.0 Å². The maximum absolute atomic E-state index is 14.1. The lowest BCUT2D eigenvalue weighted by atomic mass is 9.98. The highest BCUT2D eigenvalue weighted by Gasteiger charge is 2.30. The highest BCUT2D eigenvalue weighted by Crippen LogP contribution is 2.53. The van der Waals surface area contributed by atoms with Crippen molar-refractivity contribution in [1.82, 2.24) is 4.72 Å². The molecule has 2 aromatic rings. The Labute approximate surface area is 158 Å². The molecule has 4 N–H and O–H groups in total. The molecule has 0 fully saturated rings. The van der Waals surface area contributed by atoms with Gasteiger partial charge in [-0.15, -0.1) is 0 Å². The minimum atomic E-state index is -3.37. The van der Waals surface area contributed by atoms with Crippen molar-refractivity contribution in [2.75, 3.05) is 19.0 Å².